The third-order valence-corrected chi connectivity index (χ3v) is 20.8. The van der Waals surface area contributed by atoms with E-state index in [1.165, 1.54) is 225 Å². The first-order valence-electron chi connectivity index (χ1n) is 41.8. The first-order valence-corrected chi connectivity index (χ1v) is 44.8. The van der Waals surface area contributed by atoms with Gasteiger partial charge >= 0.3 is 39.5 Å². The molecule has 0 aliphatic heterocycles. The lowest BCUT2D eigenvalue weighted by atomic mass is 10.0. The fraction of sp³-hybridized carbons (Fsp3) is 0.951. The average Bonchev–Trinajstić information content (AvgIpc) is 0.971. The van der Waals surface area contributed by atoms with Crippen LogP contribution in [0.15, 0.2) is 0 Å². The fourth-order valence-electron chi connectivity index (χ4n) is 12.5. The van der Waals surface area contributed by atoms with Crippen molar-refractivity contribution in [3.8, 4) is 0 Å². The Kier molecular flexibility index (Phi) is 69.9. The molecule has 17 nitrogen and oxygen atoms in total. The van der Waals surface area contributed by atoms with E-state index in [1.54, 1.807) is 0 Å². The Hall–Kier alpha value is -1.94. The number of esters is 4. The quantitative estimate of drug-likeness (QED) is 0.0222. The van der Waals surface area contributed by atoms with Crippen LogP contribution in [0.2, 0.25) is 0 Å². The minimum absolute atomic E-state index is 0.107. The van der Waals surface area contributed by atoms with E-state index in [2.05, 4.69) is 48.5 Å². The summed E-state index contributed by atoms with van der Waals surface area (Å²) in [5.41, 5.74) is 0. The second-order valence-electron chi connectivity index (χ2n) is 30.6. The van der Waals surface area contributed by atoms with Crippen molar-refractivity contribution in [1.82, 2.24) is 0 Å². The first kappa shape index (κ1) is 98.1. The van der Waals surface area contributed by atoms with E-state index >= 15 is 0 Å². The molecule has 5 atom stereocenters. The van der Waals surface area contributed by atoms with Crippen LogP contribution >= 0.6 is 15.6 Å². The van der Waals surface area contributed by atoms with E-state index in [-0.39, 0.29) is 25.7 Å². The van der Waals surface area contributed by atoms with E-state index in [9.17, 15) is 43.2 Å². The number of aliphatic hydroxyl groups is 1. The topological polar surface area (TPSA) is 237 Å². The van der Waals surface area contributed by atoms with Gasteiger partial charge in [0.1, 0.15) is 19.3 Å². The lowest BCUT2D eigenvalue weighted by Crippen LogP contribution is -2.30. The molecule has 0 heterocycles. The molecule has 0 aromatic rings. The smallest absolute Gasteiger partial charge is 0.462 e. The Labute approximate surface area is 613 Å². The van der Waals surface area contributed by atoms with Crippen LogP contribution in [-0.2, 0) is 65.4 Å². The average molecular weight is 1470 g/mol. The predicted octanol–water partition coefficient (Wildman–Crippen LogP) is 24.1. The second-order valence-corrected chi connectivity index (χ2v) is 33.5. The lowest BCUT2D eigenvalue weighted by Gasteiger charge is -2.21. The molecule has 0 amide bonds. The van der Waals surface area contributed by atoms with Crippen molar-refractivity contribution in [2.75, 3.05) is 39.6 Å². The minimum Gasteiger partial charge on any atom is -0.462 e. The Morgan fingerprint density at radius 1 is 0.270 bits per heavy atom. The number of phosphoric acid groups is 2. The van der Waals surface area contributed by atoms with Crippen LogP contribution < -0.4 is 0 Å². The van der Waals surface area contributed by atoms with Crippen LogP contribution in [0.1, 0.15) is 421 Å². The molecule has 2 unspecified atom stereocenters. The molecule has 0 radical (unpaired) electrons. The molecule has 0 aromatic heterocycles. The number of aliphatic hydroxyl groups excluding tert-OH is 1. The molecule has 0 bridgehead atoms. The molecular formula is C81H158O17P2. The minimum atomic E-state index is -4.96. The highest BCUT2D eigenvalue weighted by atomic mass is 31.2. The molecule has 0 saturated carbocycles. The number of unbranched alkanes of at least 4 members (excludes halogenated alkanes) is 47. The third-order valence-electron chi connectivity index (χ3n) is 18.9. The molecular weight excluding hydrogens is 1310 g/mol. The molecule has 0 saturated heterocycles. The molecule has 594 valence electrons. The third kappa shape index (κ3) is 74.3. The highest BCUT2D eigenvalue weighted by Crippen LogP contribution is 2.45. The summed E-state index contributed by atoms with van der Waals surface area (Å²) in [5.74, 6) is 0.210. The van der Waals surface area contributed by atoms with E-state index in [0.29, 0.717) is 31.6 Å². The van der Waals surface area contributed by atoms with Crippen LogP contribution in [-0.4, -0.2) is 96.7 Å². The summed E-state index contributed by atoms with van der Waals surface area (Å²) in [7, 11) is -9.92. The molecule has 0 rings (SSSR count). The summed E-state index contributed by atoms with van der Waals surface area (Å²) in [5, 5.41) is 10.6. The molecule has 3 N–H and O–H groups in total. The van der Waals surface area contributed by atoms with Gasteiger partial charge in [0.25, 0.3) is 0 Å². The summed E-state index contributed by atoms with van der Waals surface area (Å²) in [4.78, 5) is 73.0. The lowest BCUT2D eigenvalue weighted by molar-refractivity contribution is -0.161. The van der Waals surface area contributed by atoms with Crippen molar-refractivity contribution in [3.05, 3.63) is 0 Å². The van der Waals surface area contributed by atoms with Gasteiger partial charge in [-0.25, -0.2) is 9.13 Å². The van der Waals surface area contributed by atoms with Crippen LogP contribution in [0.4, 0.5) is 0 Å². The number of carbonyl (C=O) groups is 4. The Bertz CT molecular complexity index is 1940. The van der Waals surface area contributed by atoms with Crippen LogP contribution in [0, 0.1) is 17.8 Å². The van der Waals surface area contributed by atoms with Crippen molar-refractivity contribution in [3.63, 3.8) is 0 Å². The Morgan fingerprint density at radius 3 is 0.680 bits per heavy atom. The number of rotatable bonds is 79. The highest BCUT2D eigenvalue weighted by Gasteiger charge is 2.30. The summed E-state index contributed by atoms with van der Waals surface area (Å²) in [6, 6.07) is 0. The van der Waals surface area contributed by atoms with Gasteiger partial charge in [-0.15, -0.1) is 0 Å². The van der Waals surface area contributed by atoms with Crippen molar-refractivity contribution in [1.29, 1.82) is 0 Å². The van der Waals surface area contributed by atoms with Crippen LogP contribution in [0.5, 0.6) is 0 Å². The molecule has 100 heavy (non-hydrogen) atoms. The second kappa shape index (κ2) is 71.3. The van der Waals surface area contributed by atoms with Gasteiger partial charge in [-0.05, 0) is 43.4 Å². The molecule has 0 aliphatic carbocycles. The maximum atomic E-state index is 13.1. The van der Waals surface area contributed by atoms with Crippen molar-refractivity contribution in [2.45, 2.75) is 439 Å². The van der Waals surface area contributed by atoms with Crippen molar-refractivity contribution in [2.24, 2.45) is 17.8 Å². The van der Waals surface area contributed by atoms with Crippen molar-refractivity contribution < 1.29 is 80.2 Å². The number of carbonyl (C=O) groups excluding carboxylic acids is 4. The zero-order valence-corrected chi connectivity index (χ0v) is 67.5. The zero-order valence-electron chi connectivity index (χ0n) is 65.7. The van der Waals surface area contributed by atoms with E-state index in [4.69, 9.17) is 37.0 Å². The van der Waals surface area contributed by atoms with E-state index < -0.39 is 97.5 Å². The van der Waals surface area contributed by atoms with Gasteiger partial charge in [-0.2, -0.15) is 0 Å². The summed E-state index contributed by atoms with van der Waals surface area (Å²) < 4.78 is 68.7. The van der Waals surface area contributed by atoms with Crippen LogP contribution in [0.3, 0.4) is 0 Å². The maximum Gasteiger partial charge on any atom is 0.472 e. The summed E-state index contributed by atoms with van der Waals surface area (Å²) in [6.45, 7) is 11.9. The van der Waals surface area contributed by atoms with E-state index in [1.807, 2.05) is 0 Å². The van der Waals surface area contributed by atoms with Gasteiger partial charge in [0.15, 0.2) is 12.2 Å². The van der Waals surface area contributed by atoms with Gasteiger partial charge in [0, 0.05) is 25.7 Å². The highest BCUT2D eigenvalue weighted by molar-refractivity contribution is 7.47. The zero-order chi connectivity index (χ0) is 73.7. The molecule has 0 fully saturated rings. The number of ether oxygens (including phenoxy) is 4. The van der Waals surface area contributed by atoms with Crippen molar-refractivity contribution >= 4 is 39.5 Å². The Morgan fingerprint density at radius 2 is 0.460 bits per heavy atom. The van der Waals surface area contributed by atoms with Crippen LogP contribution in [0.25, 0.3) is 0 Å². The number of phosphoric ester groups is 2. The van der Waals surface area contributed by atoms with Gasteiger partial charge in [0.05, 0.1) is 26.4 Å². The summed E-state index contributed by atoms with van der Waals surface area (Å²) in [6.07, 6.45) is 59.7. The molecule has 0 aliphatic rings. The van der Waals surface area contributed by atoms with Gasteiger partial charge < -0.3 is 33.8 Å². The maximum absolute atomic E-state index is 13.1. The largest absolute Gasteiger partial charge is 0.472 e. The number of hydrogen-bond acceptors (Lipinski definition) is 15. The van der Waals surface area contributed by atoms with E-state index in [0.717, 1.165) is 108 Å². The monoisotopic (exact) mass is 1470 g/mol. The van der Waals surface area contributed by atoms with Gasteiger partial charge in [0.2, 0.25) is 0 Å². The number of hydrogen-bond donors (Lipinski definition) is 3. The van der Waals surface area contributed by atoms with Gasteiger partial charge in [-0.3, -0.25) is 37.3 Å². The molecule has 0 spiro atoms. The SMILES string of the molecule is CCCCCCCCCCCCCCCC(=O)O[C@H](COC(=O)CCCCCCCCCC(C)C)COP(=O)(O)OC[C@H](O)COP(=O)(O)OC[C@@H](COC(=O)CCCCCCCCCCCCCCCCCC(C)C)OC(=O)CCCCCCCCCCCCCCCCCCC(C)C. The first-order chi connectivity index (χ1) is 48.2. The summed E-state index contributed by atoms with van der Waals surface area (Å²) >= 11 is 0. The van der Waals surface area contributed by atoms with Gasteiger partial charge in [-0.1, -0.05) is 370 Å². The molecule has 19 heteroatoms. The predicted molar refractivity (Wildman–Crippen MR) is 409 cm³/mol. The fourth-order valence-corrected chi connectivity index (χ4v) is 14.1. The Balaban J connectivity index is 5.23. The standard InChI is InChI=1S/C81H158O17P2/c1-8-9-10-11-12-13-14-22-30-35-42-50-57-64-80(85)98-77(69-92-79(84)63-56-49-44-37-40-47-54-61-74(6)7)71-96-100(89,90)94-67-75(82)66-93-99(87,88)95-70-76(68-91-78(83)62-55-48-41-34-29-25-21-17-19-24-28-33-39-46-53-60-73(4)5)97-81(86)65-58-51-43-36-31-26-20-16-15-18-23-27-32-38-45-52-59-72(2)3/h72-77,82H,8-71H2,1-7H3,(H,87,88)(H,89,90)/t75-,76-,77-/m1/s1. The molecule has 0 aromatic carbocycles. The normalized spacial score (nSPS) is 14.0.